The Hall–Kier alpha value is -0.960. The second kappa shape index (κ2) is 6.00. The lowest BCUT2D eigenvalue weighted by molar-refractivity contribution is -0.142. The van der Waals surface area contributed by atoms with E-state index in [-0.39, 0.29) is 11.2 Å². The molecule has 0 amide bonds. The minimum atomic E-state index is -0.630. The summed E-state index contributed by atoms with van der Waals surface area (Å²) in [4.78, 5) is 12.6. The first-order valence-electron chi connectivity index (χ1n) is 6.94. The maximum atomic E-state index is 11.4. The molecule has 19 heavy (non-hydrogen) atoms. The molecule has 1 aliphatic rings. The third kappa shape index (κ3) is 3.53. The van der Waals surface area contributed by atoms with E-state index in [0.29, 0.717) is 5.92 Å². The smallest absolute Gasteiger partial charge is 0.307 e. The highest BCUT2D eigenvalue weighted by molar-refractivity contribution is 8.00. The van der Waals surface area contributed by atoms with E-state index in [9.17, 15) is 9.90 Å². The van der Waals surface area contributed by atoms with Gasteiger partial charge in [-0.3, -0.25) is 4.79 Å². The quantitative estimate of drug-likeness (QED) is 0.896. The van der Waals surface area contributed by atoms with Crippen molar-refractivity contribution in [1.29, 1.82) is 0 Å². The summed E-state index contributed by atoms with van der Waals surface area (Å²) in [6, 6.07) is 6.41. The zero-order valence-electron chi connectivity index (χ0n) is 11.8. The van der Waals surface area contributed by atoms with Crippen molar-refractivity contribution >= 4 is 17.7 Å². The van der Waals surface area contributed by atoms with Crippen LogP contribution < -0.4 is 0 Å². The predicted molar refractivity (Wildman–Crippen MR) is 79.7 cm³/mol. The van der Waals surface area contributed by atoms with Crippen LogP contribution in [0.25, 0.3) is 0 Å². The molecule has 0 aliphatic heterocycles. The SMILES string of the molecule is Cc1ccc(SC2CC(C)CCC2C(=O)O)c(C)c1. The zero-order valence-corrected chi connectivity index (χ0v) is 12.7. The van der Waals surface area contributed by atoms with Crippen molar-refractivity contribution in [3.05, 3.63) is 29.3 Å². The molecule has 0 aromatic heterocycles. The summed E-state index contributed by atoms with van der Waals surface area (Å²) in [5.41, 5.74) is 2.51. The topological polar surface area (TPSA) is 37.3 Å². The molecule has 3 heteroatoms. The Balaban J connectivity index is 2.16. The molecule has 0 bridgehead atoms. The van der Waals surface area contributed by atoms with Crippen molar-refractivity contribution in [3.8, 4) is 0 Å². The summed E-state index contributed by atoms with van der Waals surface area (Å²) in [5.74, 6) is -0.185. The number of aryl methyl sites for hydroxylation is 2. The van der Waals surface area contributed by atoms with Gasteiger partial charge in [0, 0.05) is 10.1 Å². The third-order valence-electron chi connectivity index (χ3n) is 3.98. The van der Waals surface area contributed by atoms with Crippen LogP contribution in [0.2, 0.25) is 0 Å². The first-order valence-corrected chi connectivity index (χ1v) is 7.82. The number of carboxylic acid groups (broad SMARTS) is 1. The van der Waals surface area contributed by atoms with Crippen LogP contribution in [0.3, 0.4) is 0 Å². The van der Waals surface area contributed by atoms with Gasteiger partial charge in [-0.05, 0) is 50.7 Å². The van der Waals surface area contributed by atoms with Crippen LogP contribution in [0.4, 0.5) is 0 Å². The molecule has 2 nitrogen and oxygen atoms in total. The van der Waals surface area contributed by atoms with Gasteiger partial charge in [0.25, 0.3) is 0 Å². The fourth-order valence-corrected chi connectivity index (χ4v) is 4.40. The van der Waals surface area contributed by atoms with Crippen LogP contribution in [0.5, 0.6) is 0 Å². The van der Waals surface area contributed by atoms with Crippen LogP contribution in [0, 0.1) is 25.7 Å². The molecule has 3 unspecified atom stereocenters. The molecule has 3 atom stereocenters. The highest BCUT2D eigenvalue weighted by Gasteiger charge is 2.34. The van der Waals surface area contributed by atoms with Gasteiger partial charge in [-0.2, -0.15) is 0 Å². The van der Waals surface area contributed by atoms with Gasteiger partial charge in [-0.15, -0.1) is 11.8 Å². The number of benzene rings is 1. The fraction of sp³-hybridized carbons (Fsp3) is 0.562. The molecule has 0 heterocycles. The lowest BCUT2D eigenvalue weighted by Gasteiger charge is -2.32. The summed E-state index contributed by atoms with van der Waals surface area (Å²) in [7, 11) is 0. The van der Waals surface area contributed by atoms with Gasteiger partial charge in [-0.1, -0.05) is 24.6 Å². The van der Waals surface area contributed by atoms with E-state index < -0.39 is 5.97 Å². The first kappa shape index (κ1) is 14.4. The van der Waals surface area contributed by atoms with Gasteiger partial charge in [0.1, 0.15) is 0 Å². The number of thioether (sulfide) groups is 1. The maximum absolute atomic E-state index is 11.4. The number of rotatable bonds is 3. The molecule has 2 rings (SSSR count). The molecule has 1 aliphatic carbocycles. The fourth-order valence-electron chi connectivity index (χ4n) is 2.84. The van der Waals surface area contributed by atoms with E-state index in [4.69, 9.17) is 0 Å². The van der Waals surface area contributed by atoms with Crippen molar-refractivity contribution in [2.45, 2.75) is 50.2 Å². The summed E-state index contributed by atoms with van der Waals surface area (Å²) in [6.07, 6.45) is 2.87. The van der Waals surface area contributed by atoms with Gasteiger partial charge in [0.2, 0.25) is 0 Å². The normalized spacial score (nSPS) is 27.2. The second-order valence-electron chi connectivity index (χ2n) is 5.79. The molecule has 0 spiro atoms. The lowest BCUT2D eigenvalue weighted by Crippen LogP contribution is -2.32. The van der Waals surface area contributed by atoms with Gasteiger partial charge in [0.15, 0.2) is 0 Å². The van der Waals surface area contributed by atoms with Gasteiger partial charge in [-0.25, -0.2) is 0 Å². The predicted octanol–water partition coefficient (Wildman–Crippen LogP) is 4.28. The van der Waals surface area contributed by atoms with E-state index in [0.717, 1.165) is 19.3 Å². The molecule has 1 aromatic rings. The molecular formula is C16H22O2S. The summed E-state index contributed by atoms with van der Waals surface area (Å²) < 4.78 is 0. The highest BCUT2D eigenvalue weighted by Crippen LogP contribution is 2.40. The number of carbonyl (C=O) groups is 1. The van der Waals surface area contributed by atoms with Crippen molar-refractivity contribution < 1.29 is 9.90 Å². The zero-order chi connectivity index (χ0) is 14.0. The Morgan fingerprint density at radius 3 is 2.68 bits per heavy atom. The highest BCUT2D eigenvalue weighted by atomic mass is 32.2. The Bertz CT molecular complexity index is 470. The Morgan fingerprint density at radius 1 is 1.32 bits per heavy atom. The molecule has 1 aromatic carbocycles. The number of hydrogen-bond acceptors (Lipinski definition) is 2. The Kier molecular flexibility index (Phi) is 4.56. The van der Waals surface area contributed by atoms with Crippen molar-refractivity contribution in [1.82, 2.24) is 0 Å². The van der Waals surface area contributed by atoms with Crippen molar-refractivity contribution in [2.24, 2.45) is 11.8 Å². The molecule has 104 valence electrons. The Morgan fingerprint density at radius 2 is 2.05 bits per heavy atom. The molecule has 1 fully saturated rings. The largest absolute Gasteiger partial charge is 0.481 e. The van der Waals surface area contributed by atoms with E-state index >= 15 is 0 Å². The first-order chi connectivity index (χ1) is 8.97. The average Bonchev–Trinajstić information content (AvgIpc) is 2.32. The van der Waals surface area contributed by atoms with Crippen molar-refractivity contribution in [2.75, 3.05) is 0 Å². The van der Waals surface area contributed by atoms with Gasteiger partial charge in [0.05, 0.1) is 5.92 Å². The van der Waals surface area contributed by atoms with Crippen LogP contribution in [0.1, 0.15) is 37.3 Å². The van der Waals surface area contributed by atoms with Crippen molar-refractivity contribution in [3.63, 3.8) is 0 Å². The molecule has 1 N–H and O–H groups in total. The number of aliphatic carboxylic acids is 1. The maximum Gasteiger partial charge on any atom is 0.307 e. The summed E-state index contributed by atoms with van der Waals surface area (Å²) >= 11 is 1.76. The van der Waals surface area contributed by atoms with Crippen LogP contribution in [-0.2, 0) is 4.79 Å². The average molecular weight is 278 g/mol. The van der Waals surface area contributed by atoms with Gasteiger partial charge < -0.3 is 5.11 Å². The second-order valence-corrected chi connectivity index (χ2v) is 7.07. The summed E-state index contributed by atoms with van der Waals surface area (Å²) in [6.45, 7) is 6.43. The van der Waals surface area contributed by atoms with Crippen LogP contribution >= 0.6 is 11.8 Å². The molecule has 0 saturated heterocycles. The Labute approximate surface area is 119 Å². The minimum Gasteiger partial charge on any atom is -0.481 e. The standard InChI is InChI=1S/C16H22O2S/c1-10-5-7-14(12(3)8-10)19-15-9-11(2)4-6-13(15)16(17)18/h5,7-8,11,13,15H,4,6,9H2,1-3H3,(H,17,18). The number of carboxylic acids is 1. The summed E-state index contributed by atoms with van der Waals surface area (Å²) in [5, 5.41) is 9.58. The van der Waals surface area contributed by atoms with Gasteiger partial charge >= 0.3 is 5.97 Å². The lowest BCUT2D eigenvalue weighted by atomic mass is 9.82. The van der Waals surface area contributed by atoms with Crippen LogP contribution in [-0.4, -0.2) is 16.3 Å². The van der Waals surface area contributed by atoms with E-state index in [1.54, 1.807) is 11.8 Å². The molecule has 1 saturated carbocycles. The van der Waals surface area contributed by atoms with E-state index in [1.807, 2.05) is 0 Å². The van der Waals surface area contributed by atoms with E-state index in [1.165, 1.54) is 16.0 Å². The monoisotopic (exact) mass is 278 g/mol. The molecular weight excluding hydrogens is 256 g/mol. The third-order valence-corrected chi connectivity index (χ3v) is 5.52. The van der Waals surface area contributed by atoms with Crippen LogP contribution in [0.15, 0.2) is 23.1 Å². The molecule has 0 radical (unpaired) electrons. The number of hydrogen-bond donors (Lipinski definition) is 1. The minimum absolute atomic E-state index is 0.193. The van der Waals surface area contributed by atoms with E-state index in [2.05, 4.69) is 39.0 Å².